The van der Waals surface area contributed by atoms with Gasteiger partial charge in [-0.2, -0.15) is 5.11 Å². The van der Waals surface area contributed by atoms with Crippen LogP contribution in [0, 0.1) is 5.82 Å². The van der Waals surface area contributed by atoms with Gasteiger partial charge in [0.25, 0.3) is 0 Å². The molecule has 1 fully saturated rings. The summed E-state index contributed by atoms with van der Waals surface area (Å²) in [5.41, 5.74) is 4.50. The number of amides is 1. The van der Waals surface area contributed by atoms with Crippen LogP contribution in [-0.4, -0.2) is 44.1 Å². The summed E-state index contributed by atoms with van der Waals surface area (Å²) in [4.78, 5) is 13.7. The fourth-order valence-electron chi connectivity index (χ4n) is 3.52. The number of carbonyl (C=O) groups is 1. The van der Waals surface area contributed by atoms with E-state index in [1.54, 1.807) is 12.1 Å². The SMILES string of the molecule is C=C(C)NC[C@H]1CN(c2ccc(-c3ccc(CNCC4=NN=NC4)cc3)c(F)c2)C(=O)O1. The highest BCUT2D eigenvalue weighted by molar-refractivity contribution is 5.90. The van der Waals surface area contributed by atoms with Gasteiger partial charge in [-0.15, -0.1) is 5.10 Å². The van der Waals surface area contributed by atoms with Gasteiger partial charge in [0.05, 0.1) is 24.5 Å². The van der Waals surface area contributed by atoms with E-state index in [0.29, 0.717) is 44.0 Å². The van der Waals surface area contributed by atoms with Crippen LogP contribution in [0.1, 0.15) is 12.5 Å². The van der Waals surface area contributed by atoms with Crippen molar-refractivity contribution < 1.29 is 13.9 Å². The van der Waals surface area contributed by atoms with Crippen LogP contribution in [0.3, 0.4) is 0 Å². The van der Waals surface area contributed by atoms with Gasteiger partial charge in [0, 0.05) is 24.4 Å². The Balaban J connectivity index is 1.37. The van der Waals surface area contributed by atoms with Crippen LogP contribution in [0.5, 0.6) is 0 Å². The zero-order chi connectivity index (χ0) is 22.5. The molecular formula is C23H25FN6O2. The number of hydrogen-bond donors (Lipinski definition) is 2. The smallest absolute Gasteiger partial charge is 0.414 e. The quantitative estimate of drug-likeness (QED) is 0.625. The molecule has 2 N–H and O–H groups in total. The number of nitrogens with one attached hydrogen (secondary N) is 2. The summed E-state index contributed by atoms with van der Waals surface area (Å²) in [6.07, 6.45) is -0.791. The zero-order valence-corrected chi connectivity index (χ0v) is 17.8. The van der Waals surface area contributed by atoms with Gasteiger partial charge in [-0.1, -0.05) is 30.8 Å². The van der Waals surface area contributed by atoms with Gasteiger partial charge in [0.15, 0.2) is 0 Å². The molecular weight excluding hydrogens is 411 g/mol. The molecule has 0 radical (unpaired) electrons. The highest BCUT2D eigenvalue weighted by Crippen LogP contribution is 2.29. The molecule has 2 aromatic carbocycles. The van der Waals surface area contributed by atoms with Crippen molar-refractivity contribution in [2.45, 2.75) is 19.6 Å². The first-order chi connectivity index (χ1) is 15.5. The molecule has 8 nitrogen and oxygen atoms in total. The fourth-order valence-corrected chi connectivity index (χ4v) is 3.52. The summed E-state index contributed by atoms with van der Waals surface area (Å²) >= 11 is 0. The van der Waals surface area contributed by atoms with Crippen molar-refractivity contribution in [1.29, 1.82) is 0 Å². The van der Waals surface area contributed by atoms with Crippen molar-refractivity contribution in [3.63, 3.8) is 0 Å². The summed E-state index contributed by atoms with van der Waals surface area (Å²) in [6, 6.07) is 12.5. The standard InChI is InChI=1S/C23H25FN6O2/c1-15(2)26-13-20-14-30(23(31)32-20)19-7-8-21(22(24)9-19)17-5-3-16(4-6-17)10-25-11-18-12-27-29-28-18/h3-9,20,25-26H,1,10-14H2,2H3/t20-/m0/s1. The topological polar surface area (TPSA) is 90.7 Å². The minimum Gasteiger partial charge on any atom is -0.442 e. The van der Waals surface area contributed by atoms with Gasteiger partial charge in [-0.25, -0.2) is 9.18 Å². The second-order valence-electron chi connectivity index (χ2n) is 7.80. The number of benzene rings is 2. The fraction of sp³-hybridized carbons (Fsp3) is 0.304. The third-order valence-corrected chi connectivity index (χ3v) is 5.20. The van der Waals surface area contributed by atoms with E-state index in [9.17, 15) is 9.18 Å². The molecule has 32 heavy (non-hydrogen) atoms. The maximum Gasteiger partial charge on any atom is 0.414 e. The molecule has 0 saturated carbocycles. The summed E-state index contributed by atoms with van der Waals surface area (Å²) in [5, 5.41) is 17.7. The van der Waals surface area contributed by atoms with Crippen molar-refractivity contribution in [1.82, 2.24) is 10.6 Å². The molecule has 4 rings (SSSR count). The maximum absolute atomic E-state index is 14.9. The Labute approximate surface area is 185 Å². The molecule has 2 aromatic rings. The lowest BCUT2D eigenvalue weighted by atomic mass is 10.0. The van der Waals surface area contributed by atoms with Crippen LogP contribution in [0.4, 0.5) is 14.9 Å². The highest BCUT2D eigenvalue weighted by atomic mass is 19.1. The third-order valence-electron chi connectivity index (χ3n) is 5.20. The van der Waals surface area contributed by atoms with Crippen LogP contribution in [0.15, 0.2) is 70.2 Å². The van der Waals surface area contributed by atoms with Crippen molar-refractivity contribution >= 4 is 17.5 Å². The number of hydrogen-bond acceptors (Lipinski definition) is 7. The Morgan fingerprint density at radius 2 is 2.06 bits per heavy atom. The lowest BCUT2D eigenvalue weighted by molar-refractivity contribution is 0.141. The second kappa shape index (κ2) is 9.69. The Bertz CT molecular complexity index is 1070. The predicted octanol–water partition coefficient (Wildman–Crippen LogP) is 3.85. The second-order valence-corrected chi connectivity index (χ2v) is 7.80. The molecule has 0 spiro atoms. The van der Waals surface area contributed by atoms with E-state index >= 15 is 0 Å². The lowest BCUT2D eigenvalue weighted by Crippen LogP contribution is -2.30. The summed E-state index contributed by atoms with van der Waals surface area (Å²) in [6.45, 7) is 8.28. The Hall–Kier alpha value is -3.59. The third kappa shape index (κ3) is 5.17. The van der Waals surface area contributed by atoms with Gasteiger partial charge in [0.2, 0.25) is 0 Å². The number of carbonyl (C=O) groups excluding carboxylic acids is 1. The molecule has 2 aliphatic rings. The predicted molar refractivity (Wildman–Crippen MR) is 121 cm³/mol. The monoisotopic (exact) mass is 436 g/mol. The highest BCUT2D eigenvalue weighted by Gasteiger charge is 2.32. The van der Waals surface area contributed by atoms with E-state index < -0.39 is 11.9 Å². The minimum absolute atomic E-state index is 0.312. The first kappa shape index (κ1) is 21.6. The molecule has 2 aliphatic heterocycles. The Morgan fingerprint density at radius 1 is 1.25 bits per heavy atom. The van der Waals surface area contributed by atoms with Crippen LogP contribution in [0.25, 0.3) is 11.1 Å². The average molecular weight is 436 g/mol. The van der Waals surface area contributed by atoms with Crippen LogP contribution in [0.2, 0.25) is 0 Å². The van der Waals surface area contributed by atoms with E-state index in [-0.39, 0.29) is 6.10 Å². The van der Waals surface area contributed by atoms with Gasteiger partial charge >= 0.3 is 6.09 Å². The number of nitrogens with zero attached hydrogens (tertiary/aromatic N) is 4. The van der Waals surface area contributed by atoms with Crippen LogP contribution >= 0.6 is 0 Å². The summed E-state index contributed by atoms with van der Waals surface area (Å²) < 4.78 is 20.2. The van der Waals surface area contributed by atoms with Gasteiger partial charge < -0.3 is 15.4 Å². The number of ether oxygens (including phenoxy) is 1. The first-order valence-electron chi connectivity index (χ1n) is 10.4. The maximum atomic E-state index is 14.9. The van der Waals surface area contributed by atoms with E-state index in [2.05, 4.69) is 32.7 Å². The number of allylic oxidation sites excluding steroid dienone is 1. The molecule has 0 unspecified atom stereocenters. The summed E-state index contributed by atoms with van der Waals surface area (Å²) in [5.74, 6) is -0.392. The molecule has 1 atom stereocenters. The Morgan fingerprint density at radius 3 is 2.75 bits per heavy atom. The average Bonchev–Trinajstić information content (AvgIpc) is 3.42. The van der Waals surface area contributed by atoms with Crippen molar-refractivity contribution in [3.8, 4) is 11.1 Å². The van der Waals surface area contributed by atoms with Crippen LogP contribution < -0.4 is 15.5 Å². The Kier molecular flexibility index (Phi) is 6.55. The van der Waals surface area contributed by atoms with Crippen molar-refractivity contribution in [2.75, 3.05) is 31.1 Å². The van der Waals surface area contributed by atoms with Crippen LogP contribution in [-0.2, 0) is 11.3 Å². The van der Waals surface area contributed by atoms with Gasteiger partial charge in [-0.3, -0.25) is 4.90 Å². The van der Waals surface area contributed by atoms with Gasteiger partial charge in [-0.05, 0) is 41.5 Å². The number of rotatable bonds is 9. The van der Waals surface area contributed by atoms with Crippen molar-refractivity contribution in [2.24, 2.45) is 15.4 Å². The lowest BCUT2D eigenvalue weighted by Gasteiger charge is -2.15. The summed E-state index contributed by atoms with van der Waals surface area (Å²) in [7, 11) is 0. The van der Waals surface area contributed by atoms with E-state index in [1.165, 1.54) is 11.0 Å². The van der Waals surface area contributed by atoms with Gasteiger partial charge in [0.1, 0.15) is 18.5 Å². The molecule has 0 bridgehead atoms. The molecule has 1 saturated heterocycles. The van der Waals surface area contributed by atoms with E-state index in [1.807, 2.05) is 31.2 Å². The molecule has 166 valence electrons. The molecule has 9 heteroatoms. The number of halogens is 1. The molecule has 1 amide bonds. The first-order valence-corrected chi connectivity index (χ1v) is 10.4. The van der Waals surface area contributed by atoms with E-state index in [0.717, 1.165) is 22.5 Å². The number of cyclic esters (lactones) is 1. The molecule has 0 aromatic heterocycles. The van der Waals surface area contributed by atoms with E-state index in [4.69, 9.17) is 4.74 Å². The minimum atomic E-state index is -0.478. The molecule has 2 heterocycles. The largest absolute Gasteiger partial charge is 0.442 e. The zero-order valence-electron chi connectivity index (χ0n) is 17.8. The van der Waals surface area contributed by atoms with Crippen molar-refractivity contribution in [3.05, 3.63) is 66.1 Å². The number of anilines is 1. The normalized spacial score (nSPS) is 17.4. The molecule has 0 aliphatic carbocycles.